The number of carbonyl (C=O) groups excluding carboxylic acids is 2. The molecule has 1 aromatic carbocycles. The molecular weight excluding hydrogens is 394 g/mol. The molecule has 0 radical (unpaired) electrons. The molecule has 0 spiro atoms. The highest BCUT2D eigenvalue weighted by molar-refractivity contribution is 5.89. The van der Waals surface area contributed by atoms with Gasteiger partial charge in [-0.2, -0.15) is 0 Å². The summed E-state index contributed by atoms with van der Waals surface area (Å²) in [6.07, 6.45) is -0.575. The van der Waals surface area contributed by atoms with Crippen LogP contribution in [-0.4, -0.2) is 58.4 Å². The number of hydrogen-bond acceptors (Lipinski definition) is 8. The van der Waals surface area contributed by atoms with Gasteiger partial charge in [0.2, 0.25) is 5.75 Å². The lowest BCUT2D eigenvalue weighted by Gasteiger charge is -2.23. The quantitative estimate of drug-likeness (QED) is 0.680. The van der Waals surface area contributed by atoms with E-state index in [1.807, 2.05) is 37.3 Å². The average molecular weight is 417 g/mol. The predicted octanol–water partition coefficient (Wildman–Crippen LogP) is 1.75. The van der Waals surface area contributed by atoms with Gasteiger partial charge >= 0.3 is 12.1 Å². The zero-order valence-electron chi connectivity index (χ0n) is 16.7. The molecule has 10 heteroatoms. The zero-order chi connectivity index (χ0) is 21.7. The Balaban J connectivity index is 1.86. The van der Waals surface area contributed by atoms with Crippen LogP contribution in [0.4, 0.5) is 4.79 Å². The van der Waals surface area contributed by atoms with Crippen LogP contribution in [0.25, 0.3) is 0 Å². The predicted molar refractivity (Wildman–Crippen MR) is 104 cm³/mol. The fraction of sp³-hybridized carbons (Fsp3) is 0.400. The molecule has 1 fully saturated rings. The molecule has 1 aromatic heterocycles. The summed E-state index contributed by atoms with van der Waals surface area (Å²) in [6.45, 7) is 2.58. The molecule has 0 bridgehead atoms. The van der Waals surface area contributed by atoms with Crippen molar-refractivity contribution in [2.45, 2.75) is 32.1 Å². The van der Waals surface area contributed by atoms with Crippen molar-refractivity contribution < 1.29 is 28.9 Å². The zero-order valence-corrected chi connectivity index (χ0v) is 16.7. The number of H-pyrrole nitrogens is 1. The molecule has 30 heavy (non-hydrogen) atoms. The molecule has 1 amide bonds. The minimum atomic E-state index is -0.961. The van der Waals surface area contributed by atoms with Crippen LogP contribution >= 0.6 is 0 Å². The van der Waals surface area contributed by atoms with E-state index in [1.54, 1.807) is 0 Å². The van der Waals surface area contributed by atoms with E-state index in [0.717, 1.165) is 12.7 Å². The van der Waals surface area contributed by atoms with Gasteiger partial charge in [-0.25, -0.2) is 14.6 Å². The molecule has 2 atom stereocenters. The SMILES string of the molecule is CCO[C@@H]1C[C@@H](c2nc(C(=O)OC)c(O)c(=O)[nH]2)N(C(=O)OCc2ccccc2)C1. The molecule has 2 N–H and O–H groups in total. The van der Waals surface area contributed by atoms with Gasteiger partial charge in [-0.3, -0.25) is 9.69 Å². The van der Waals surface area contributed by atoms with Crippen molar-refractivity contribution in [3.63, 3.8) is 0 Å². The van der Waals surface area contributed by atoms with Crippen molar-refractivity contribution in [1.29, 1.82) is 0 Å². The molecule has 1 aliphatic heterocycles. The van der Waals surface area contributed by atoms with E-state index in [0.29, 0.717) is 13.0 Å². The minimum Gasteiger partial charge on any atom is -0.501 e. The summed E-state index contributed by atoms with van der Waals surface area (Å²) in [7, 11) is 1.11. The normalized spacial score (nSPS) is 18.3. The van der Waals surface area contributed by atoms with E-state index < -0.39 is 35.1 Å². The number of benzene rings is 1. The number of aromatic hydroxyl groups is 1. The average Bonchev–Trinajstić information content (AvgIpc) is 3.18. The number of aromatic nitrogens is 2. The van der Waals surface area contributed by atoms with Gasteiger partial charge in [0.25, 0.3) is 5.56 Å². The molecule has 160 valence electrons. The highest BCUT2D eigenvalue weighted by Crippen LogP contribution is 2.32. The van der Waals surface area contributed by atoms with E-state index in [9.17, 15) is 19.5 Å². The van der Waals surface area contributed by atoms with Gasteiger partial charge in [0.15, 0.2) is 5.69 Å². The third-order valence-electron chi connectivity index (χ3n) is 4.71. The summed E-state index contributed by atoms with van der Waals surface area (Å²) in [5.41, 5.74) is -0.598. The van der Waals surface area contributed by atoms with Crippen LogP contribution < -0.4 is 5.56 Å². The molecular formula is C20H23N3O7. The van der Waals surface area contributed by atoms with E-state index in [1.165, 1.54) is 4.90 Å². The van der Waals surface area contributed by atoms with Gasteiger partial charge in [-0.05, 0) is 12.5 Å². The molecule has 0 aliphatic carbocycles. The summed E-state index contributed by atoms with van der Waals surface area (Å²) >= 11 is 0. The second-order valence-corrected chi connectivity index (χ2v) is 6.66. The Morgan fingerprint density at radius 1 is 1.30 bits per heavy atom. The maximum Gasteiger partial charge on any atom is 0.410 e. The first-order chi connectivity index (χ1) is 14.4. The number of aromatic amines is 1. The summed E-state index contributed by atoms with van der Waals surface area (Å²) in [4.78, 5) is 44.6. The Kier molecular flexibility index (Phi) is 6.68. The number of carbonyl (C=O) groups is 2. The minimum absolute atomic E-state index is 0.0389. The van der Waals surface area contributed by atoms with Crippen molar-refractivity contribution in [2.75, 3.05) is 20.3 Å². The molecule has 2 aromatic rings. The molecule has 2 heterocycles. The van der Waals surface area contributed by atoms with Crippen molar-refractivity contribution >= 4 is 12.1 Å². The van der Waals surface area contributed by atoms with E-state index >= 15 is 0 Å². The van der Waals surface area contributed by atoms with E-state index in [4.69, 9.17) is 9.47 Å². The number of nitrogens with one attached hydrogen (secondary N) is 1. The van der Waals surface area contributed by atoms with Crippen molar-refractivity contribution in [2.24, 2.45) is 0 Å². The Morgan fingerprint density at radius 2 is 2.03 bits per heavy atom. The highest BCUT2D eigenvalue weighted by atomic mass is 16.6. The molecule has 3 rings (SSSR count). The Labute approximate surface area is 172 Å². The van der Waals surface area contributed by atoms with E-state index in [-0.39, 0.29) is 25.1 Å². The number of methoxy groups -OCH3 is 1. The van der Waals surface area contributed by atoms with Gasteiger partial charge in [0.1, 0.15) is 12.4 Å². The van der Waals surface area contributed by atoms with Crippen molar-refractivity contribution in [3.8, 4) is 5.75 Å². The lowest BCUT2D eigenvalue weighted by molar-refractivity contribution is 0.0588. The monoisotopic (exact) mass is 417 g/mol. The fourth-order valence-electron chi connectivity index (χ4n) is 3.30. The second-order valence-electron chi connectivity index (χ2n) is 6.66. The number of esters is 1. The Bertz CT molecular complexity index is 961. The van der Waals surface area contributed by atoms with Gasteiger partial charge in [0.05, 0.1) is 25.8 Å². The summed E-state index contributed by atoms with van der Waals surface area (Å²) in [5, 5.41) is 9.85. The number of likely N-dealkylation sites (tertiary alicyclic amines) is 1. The number of ether oxygens (including phenoxy) is 3. The summed E-state index contributed by atoms with van der Waals surface area (Å²) < 4.78 is 15.6. The third kappa shape index (κ3) is 4.60. The van der Waals surface area contributed by atoms with Crippen LogP contribution in [0.2, 0.25) is 0 Å². The number of hydrogen-bond donors (Lipinski definition) is 2. The van der Waals surface area contributed by atoms with Crippen molar-refractivity contribution in [3.05, 3.63) is 57.8 Å². The third-order valence-corrected chi connectivity index (χ3v) is 4.71. The first-order valence-corrected chi connectivity index (χ1v) is 9.45. The summed E-state index contributed by atoms with van der Waals surface area (Å²) in [5.74, 6) is -1.77. The first-order valence-electron chi connectivity index (χ1n) is 9.45. The van der Waals surface area contributed by atoms with Gasteiger partial charge in [0, 0.05) is 13.0 Å². The van der Waals surface area contributed by atoms with Crippen LogP contribution in [0, 0.1) is 0 Å². The highest BCUT2D eigenvalue weighted by Gasteiger charge is 2.40. The molecule has 0 unspecified atom stereocenters. The maximum absolute atomic E-state index is 12.8. The molecule has 0 saturated carbocycles. The van der Waals surface area contributed by atoms with Crippen LogP contribution in [0.1, 0.15) is 41.3 Å². The first kappa shape index (κ1) is 21.3. The smallest absolute Gasteiger partial charge is 0.410 e. The number of nitrogens with zero attached hydrogens (tertiary/aromatic N) is 2. The maximum atomic E-state index is 12.8. The summed E-state index contributed by atoms with van der Waals surface area (Å²) in [6, 6.07) is 8.50. The van der Waals surface area contributed by atoms with Gasteiger partial charge in [-0.1, -0.05) is 30.3 Å². The number of amides is 1. The lowest BCUT2D eigenvalue weighted by Crippen LogP contribution is -2.34. The van der Waals surface area contributed by atoms with Crippen molar-refractivity contribution in [1.82, 2.24) is 14.9 Å². The van der Waals surface area contributed by atoms with E-state index in [2.05, 4.69) is 14.7 Å². The van der Waals surface area contributed by atoms with Crippen LogP contribution in [-0.2, 0) is 20.8 Å². The van der Waals surface area contributed by atoms with Crippen LogP contribution in [0.5, 0.6) is 5.75 Å². The van der Waals surface area contributed by atoms with Crippen LogP contribution in [0.3, 0.4) is 0 Å². The van der Waals surface area contributed by atoms with Gasteiger partial charge in [-0.15, -0.1) is 0 Å². The fourth-order valence-corrected chi connectivity index (χ4v) is 3.30. The standard InChI is InChI=1S/C20H23N3O7/c1-3-29-13-9-14(17-21-15(19(26)28-2)16(24)18(25)22-17)23(10-13)20(27)30-11-12-7-5-4-6-8-12/h4-8,13-14,24H,3,9-11H2,1-2H3,(H,21,22,25)/t13-,14+/m1/s1. The Morgan fingerprint density at radius 3 is 2.70 bits per heavy atom. The molecule has 10 nitrogen and oxygen atoms in total. The van der Waals surface area contributed by atoms with Crippen LogP contribution in [0.15, 0.2) is 35.1 Å². The largest absolute Gasteiger partial charge is 0.501 e. The molecule has 1 aliphatic rings. The Hall–Kier alpha value is -3.40. The topological polar surface area (TPSA) is 131 Å². The second kappa shape index (κ2) is 9.40. The lowest BCUT2D eigenvalue weighted by atomic mass is 10.1. The van der Waals surface area contributed by atoms with Gasteiger partial charge < -0.3 is 24.3 Å². The molecule has 1 saturated heterocycles. The number of rotatable bonds is 6.